The first kappa shape index (κ1) is 13.9. The van der Waals surface area contributed by atoms with Gasteiger partial charge < -0.3 is 10.6 Å². The second kappa shape index (κ2) is 6.41. The van der Waals surface area contributed by atoms with Gasteiger partial charge in [-0.2, -0.15) is 0 Å². The standard InChI is InChI=1S/C12H28N2/c1-6-7-8-9-14(5)10-12(3,4)11(2)13/h11H,6-10,13H2,1-5H3. The van der Waals surface area contributed by atoms with Crippen molar-refractivity contribution in [1.82, 2.24) is 4.90 Å². The Morgan fingerprint density at radius 1 is 1.29 bits per heavy atom. The van der Waals surface area contributed by atoms with Gasteiger partial charge in [0.1, 0.15) is 0 Å². The van der Waals surface area contributed by atoms with Crippen LogP contribution in [0.3, 0.4) is 0 Å². The molecule has 2 nitrogen and oxygen atoms in total. The molecule has 0 aromatic carbocycles. The summed E-state index contributed by atoms with van der Waals surface area (Å²) in [6, 6.07) is 0.260. The van der Waals surface area contributed by atoms with E-state index in [1.165, 1.54) is 25.8 Å². The predicted molar refractivity (Wildman–Crippen MR) is 64.5 cm³/mol. The van der Waals surface area contributed by atoms with Crippen LogP contribution in [0.25, 0.3) is 0 Å². The molecule has 0 amide bonds. The summed E-state index contributed by atoms with van der Waals surface area (Å²) in [4.78, 5) is 2.40. The number of hydrogen-bond acceptors (Lipinski definition) is 2. The summed E-state index contributed by atoms with van der Waals surface area (Å²) in [5.41, 5.74) is 6.17. The van der Waals surface area contributed by atoms with Gasteiger partial charge in [-0.1, -0.05) is 33.6 Å². The molecule has 0 aromatic heterocycles. The Morgan fingerprint density at radius 2 is 1.86 bits per heavy atom. The summed E-state index contributed by atoms with van der Waals surface area (Å²) < 4.78 is 0. The molecule has 0 radical (unpaired) electrons. The van der Waals surface area contributed by atoms with E-state index in [-0.39, 0.29) is 11.5 Å². The lowest BCUT2D eigenvalue weighted by atomic mass is 9.85. The predicted octanol–water partition coefficient (Wildman–Crippen LogP) is 2.48. The Morgan fingerprint density at radius 3 is 2.29 bits per heavy atom. The van der Waals surface area contributed by atoms with Gasteiger partial charge in [0.05, 0.1) is 0 Å². The van der Waals surface area contributed by atoms with E-state index in [4.69, 9.17) is 5.73 Å². The van der Waals surface area contributed by atoms with Crippen molar-refractivity contribution in [3.8, 4) is 0 Å². The molecule has 86 valence electrons. The maximum Gasteiger partial charge on any atom is 0.00739 e. The molecule has 0 bridgehead atoms. The molecule has 0 rings (SSSR count). The summed E-state index contributed by atoms with van der Waals surface area (Å²) in [6.45, 7) is 11.1. The average Bonchev–Trinajstić information content (AvgIpc) is 2.03. The minimum absolute atomic E-state index is 0.223. The van der Waals surface area contributed by atoms with Crippen molar-refractivity contribution in [1.29, 1.82) is 0 Å². The van der Waals surface area contributed by atoms with Crippen LogP contribution in [0.4, 0.5) is 0 Å². The fraction of sp³-hybridized carbons (Fsp3) is 1.00. The van der Waals surface area contributed by atoms with E-state index >= 15 is 0 Å². The second-order valence-electron chi connectivity index (χ2n) is 5.22. The highest BCUT2D eigenvalue weighted by molar-refractivity contribution is 4.80. The van der Waals surface area contributed by atoms with Crippen molar-refractivity contribution >= 4 is 0 Å². The molecule has 0 aromatic rings. The largest absolute Gasteiger partial charge is 0.327 e. The van der Waals surface area contributed by atoms with Crippen molar-refractivity contribution in [3.05, 3.63) is 0 Å². The minimum atomic E-state index is 0.223. The summed E-state index contributed by atoms with van der Waals surface area (Å²) in [5, 5.41) is 0. The number of nitrogens with two attached hydrogens (primary N) is 1. The van der Waals surface area contributed by atoms with Crippen LogP contribution in [0, 0.1) is 5.41 Å². The monoisotopic (exact) mass is 200 g/mol. The first-order valence-electron chi connectivity index (χ1n) is 5.84. The SMILES string of the molecule is CCCCCN(C)CC(C)(C)C(C)N. The molecule has 0 aliphatic heterocycles. The Balaban J connectivity index is 3.75. The molecular formula is C12H28N2. The van der Waals surface area contributed by atoms with Gasteiger partial charge in [-0.3, -0.25) is 0 Å². The smallest absolute Gasteiger partial charge is 0.00739 e. The van der Waals surface area contributed by atoms with E-state index < -0.39 is 0 Å². The fourth-order valence-electron chi connectivity index (χ4n) is 1.55. The maximum absolute atomic E-state index is 5.95. The number of nitrogens with zero attached hydrogens (tertiary/aromatic N) is 1. The lowest BCUT2D eigenvalue weighted by Gasteiger charge is -2.33. The third-order valence-electron chi connectivity index (χ3n) is 3.05. The molecule has 0 saturated carbocycles. The number of hydrogen-bond donors (Lipinski definition) is 1. The molecule has 2 N–H and O–H groups in total. The van der Waals surface area contributed by atoms with Crippen LogP contribution in [-0.4, -0.2) is 31.1 Å². The molecule has 0 heterocycles. The molecular weight excluding hydrogens is 172 g/mol. The zero-order valence-corrected chi connectivity index (χ0v) is 10.6. The molecule has 0 saturated heterocycles. The molecule has 14 heavy (non-hydrogen) atoms. The van der Waals surface area contributed by atoms with Gasteiger partial charge in [0.2, 0.25) is 0 Å². The van der Waals surface area contributed by atoms with Gasteiger partial charge in [0.25, 0.3) is 0 Å². The average molecular weight is 200 g/mol. The second-order valence-corrected chi connectivity index (χ2v) is 5.22. The van der Waals surface area contributed by atoms with Crippen molar-refractivity contribution < 1.29 is 0 Å². The summed E-state index contributed by atoms with van der Waals surface area (Å²) >= 11 is 0. The third-order valence-corrected chi connectivity index (χ3v) is 3.05. The number of rotatable bonds is 7. The quantitative estimate of drug-likeness (QED) is 0.640. The lowest BCUT2D eigenvalue weighted by molar-refractivity contribution is 0.181. The van der Waals surface area contributed by atoms with Crippen molar-refractivity contribution in [2.24, 2.45) is 11.1 Å². The van der Waals surface area contributed by atoms with E-state index in [1.54, 1.807) is 0 Å². The van der Waals surface area contributed by atoms with Crippen LogP contribution in [-0.2, 0) is 0 Å². The van der Waals surface area contributed by atoms with Gasteiger partial charge in [-0.15, -0.1) is 0 Å². The van der Waals surface area contributed by atoms with E-state index in [1.807, 2.05) is 0 Å². The highest BCUT2D eigenvalue weighted by Crippen LogP contribution is 2.19. The van der Waals surface area contributed by atoms with Crippen LogP contribution >= 0.6 is 0 Å². The van der Waals surface area contributed by atoms with Gasteiger partial charge >= 0.3 is 0 Å². The van der Waals surface area contributed by atoms with E-state index in [2.05, 4.69) is 39.6 Å². The van der Waals surface area contributed by atoms with Crippen LogP contribution in [0.15, 0.2) is 0 Å². The van der Waals surface area contributed by atoms with Crippen molar-refractivity contribution in [3.63, 3.8) is 0 Å². The molecule has 2 heteroatoms. The van der Waals surface area contributed by atoms with Crippen molar-refractivity contribution in [2.45, 2.75) is 53.0 Å². The van der Waals surface area contributed by atoms with Gasteiger partial charge in [0, 0.05) is 12.6 Å². The molecule has 1 unspecified atom stereocenters. The summed E-state index contributed by atoms with van der Waals surface area (Å²) in [5.74, 6) is 0. The zero-order valence-electron chi connectivity index (χ0n) is 10.6. The Hall–Kier alpha value is -0.0800. The number of unbranched alkanes of at least 4 members (excludes halogenated alkanes) is 2. The van der Waals surface area contributed by atoms with Crippen LogP contribution in [0.5, 0.6) is 0 Å². The molecule has 0 spiro atoms. The Bertz CT molecular complexity index is 141. The Kier molecular flexibility index (Phi) is 6.38. The normalized spacial score (nSPS) is 14.8. The van der Waals surface area contributed by atoms with Crippen LogP contribution in [0.1, 0.15) is 47.0 Å². The highest BCUT2D eigenvalue weighted by Gasteiger charge is 2.24. The Labute approximate surface area is 89.9 Å². The molecule has 0 aliphatic carbocycles. The summed E-state index contributed by atoms with van der Waals surface area (Å²) in [7, 11) is 2.19. The van der Waals surface area contributed by atoms with Gasteiger partial charge in [0.15, 0.2) is 0 Å². The van der Waals surface area contributed by atoms with Gasteiger partial charge in [-0.05, 0) is 32.4 Å². The lowest BCUT2D eigenvalue weighted by Crippen LogP contribution is -2.43. The molecule has 0 aliphatic rings. The van der Waals surface area contributed by atoms with E-state index in [0.29, 0.717) is 0 Å². The topological polar surface area (TPSA) is 29.3 Å². The van der Waals surface area contributed by atoms with Crippen LogP contribution in [0.2, 0.25) is 0 Å². The summed E-state index contributed by atoms with van der Waals surface area (Å²) in [6.07, 6.45) is 3.94. The van der Waals surface area contributed by atoms with Crippen LogP contribution < -0.4 is 5.73 Å². The minimum Gasteiger partial charge on any atom is -0.327 e. The fourth-order valence-corrected chi connectivity index (χ4v) is 1.55. The molecule has 0 fully saturated rings. The van der Waals surface area contributed by atoms with Crippen molar-refractivity contribution in [2.75, 3.05) is 20.1 Å². The van der Waals surface area contributed by atoms with E-state index in [0.717, 1.165) is 6.54 Å². The zero-order chi connectivity index (χ0) is 11.2. The first-order valence-corrected chi connectivity index (χ1v) is 5.84. The molecule has 1 atom stereocenters. The highest BCUT2D eigenvalue weighted by atomic mass is 15.1. The first-order chi connectivity index (χ1) is 6.40. The maximum atomic E-state index is 5.95. The van der Waals surface area contributed by atoms with Gasteiger partial charge in [-0.25, -0.2) is 0 Å². The third kappa shape index (κ3) is 5.61. The van der Waals surface area contributed by atoms with E-state index in [9.17, 15) is 0 Å².